The van der Waals surface area contributed by atoms with E-state index in [1.54, 1.807) is 24.8 Å². The summed E-state index contributed by atoms with van der Waals surface area (Å²) < 4.78 is 6.10. The van der Waals surface area contributed by atoms with Crippen LogP contribution in [0.2, 0.25) is 0 Å². The van der Waals surface area contributed by atoms with Gasteiger partial charge in [-0.2, -0.15) is 0 Å². The van der Waals surface area contributed by atoms with E-state index in [0.29, 0.717) is 6.54 Å². The van der Waals surface area contributed by atoms with Gasteiger partial charge in [-0.15, -0.1) is 0 Å². The van der Waals surface area contributed by atoms with Crippen LogP contribution in [0.15, 0.2) is 97.6 Å². The van der Waals surface area contributed by atoms with Crippen molar-refractivity contribution in [1.82, 2.24) is 9.97 Å². The third-order valence-corrected chi connectivity index (χ3v) is 4.45. The number of anilines is 2. The molecular formula is C24H22N4O. The summed E-state index contributed by atoms with van der Waals surface area (Å²) in [5, 5.41) is 6.83. The molecule has 0 saturated heterocycles. The summed E-state index contributed by atoms with van der Waals surface area (Å²) in [6.07, 6.45) is 7.19. The molecular weight excluding hydrogens is 360 g/mol. The van der Waals surface area contributed by atoms with E-state index in [-0.39, 0.29) is 0 Å². The molecule has 4 rings (SSSR count). The molecule has 4 aromatic rings. The van der Waals surface area contributed by atoms with Crippen LogP contribution in [0.3, 0.4) is 0 Å². The number of nitrogens with one attached hydrogen (secondary N) is 2. The van der Waals surface area contributed by atoms with Crippen LogP contribution in [-0.2, 0) is 13.1 Å². The Balaban J connectivity index is 1.37. The molecule has 2 heterocycles. The summed E-state index contributed by atoms with van der Waals surface area (Å²) in [6.45, 7) is 1.46. The largest absolute Gasteiger partial charge is 0.455 e. The van der Waals surface area contributed by atoms with Gasteiger partial charge in [0.1, 0.15) is 5.75 Å². The Morgan fingerprint density at radius 2 is 1.21 bits per heavy atom. The molecule has 0 bridgehead atoms. The van der Waals surface area contributed by atoms with Gasteiger partial charge < -0.3 is 15.4 Å². The number of benzene rings is 2. The van der Waals surface area contributed by atoms with Crippen molar-refractivity contribution in [3.63, 3.8) is 0 Å². The van der Waals surface area contributed by atoms with Crippen LogP contribution in [0, 0.1) is 0 Å². The second-order valence-electron chi connectivity index (χ2n) is 6.54. The van der Waals surface area contributed by atoms with Crippen LogP contribution in [0.25, 0.3) is 0 Å². The van der Waals surface area contributed by atoms with E-state index in [9.17, 15) is 0 Å². The number of rotatable bonds is 8. The number of pyridine rings is 2. The third-order valence-electron chi connectivity index (χ3n) is 4.45. The highest BCUT2D eigenvalue weighted by Gasteiger charge is 2.05. The van der Waals surface area contributed by atoms with Gasteiger partial charge >= 0.3 is 0 Å². The fourth-order valence-corrected chi connectivity index (χ4v) is 2.87. The topological polar surface area (TPSA) is 59.1 Å². The minimum absolute atomic E-state index is 0.709. The summed E-state index contributed by atoms with van der Waals surface area (Å²) in [5.74, 6) is 1.58. The van der Waals surface area contributed by atoms with Crippen LogP contribution < -0.4 is 15.4 Å². The van der Waals surface area contributed by atoms with Crippen molar-refractivity contribution < 1.29 is 4.74 Å². The van der Waals surface area contributed by atoms with Crippen LogP contribution >= 0.6 is 0 Å². The number of hydrogen-bond donors (Lipinski definition) is 2. The zero-order valence-corrected chi connectivity index (χ0v) is 16.0. The Kier molecular flexibility index (Phi) is 5.98. The van der Waals surface area contributed by atoms with E-state index in [0.717, 1.165) is 29.4 Å². The van der Waals surface area contributed by atoms with Crippen molar-refractivity contribution in [1.29, 1.82) is 0 Å². The Bertz CT molecular complexity index is 1020. The van der Waals surface area contributed by atoms with Crippen molar-refractivity contribution >= 4 is 11.4 Å². The lowest BCUT2D eigenvalue weighted by atomic mass is 10.2. The molecule has 144 valence electrons. The standard InChI is InChI=1S/C24H22N4O/c1-2-4-24(23(3-1)28-18-20-11-15-26-16-12-20)29-22-7-5-21(6-8-22)27-17-19-9-13-25-14-10-19/h1-16,27-28H,17-18H2. The molecule has 0 fully saturated rings. The summed E-state index contributed by atoms with van der Waals surface area (Å²) >= 11 is 0. The normalized spacial score (nSPS) is 10.3. The number of hydrogen-bond acceptors (Lipinski definition) is 5. The third kappa shape index (κ3) is 5.32. The SMILES string of the molecule is c1ccc(Oc2ccc(NCc3ccncc3)cc2)c(NCc2ccncc2)c1. The zero-order chi connectivity index (χ0) is 19.7. The van der Waals surface area contributed by atoms with Crippen molar-refractivity contribution in [3.8, 4) is 11.5 Å². The number of aromatic nitrogens is 2. The second kappa shape index (κ2) is 9.37. The van der Waals surface area contributed by atoms with Gasteiger partial charge in [0, 0.05) is 43.6 Å². The van der Waals surface area contributed by atoms with E-state index in [2.05, 4.69) is 20.6 Å². The molecule has 0 amide bonds. The van der Waals surface area contributed by atoms with Gasteiger partial charge in [0.15, 0.2) is 5.75 Å². The van der Waals surface area contributed by atoms with Gasteiger partial charge in [0.05, 0.1) is 5.69 Å². The molecule has 0 aliphatic rings. The monoisotopic (exact) mass is 382 g/mol. The second-order valence-corrected chi connectivity index (χ2v) is 6.54. The Hall–Kier alpha value is -3.86. The first-order chi connectivity index (χ1) is 14.4. The molecule has 2 aromatic heterocycles. The summed E-state index contributed by atoms with van der Waals surface area (Å²) in [4.78, 5) is 8.09. The minimum Gasteiger partial charge on any atom is -0.455 e. The highest BCUT2D eigenvalue weighted by molar-refractivity contribution is 5.58. The van der Waals surface area contributed by atoms with Crippen molar-refractivity contribution in [2.24, 2.45) is 0 Å². The Morgan fingerprint density at radius 3 is 1.86 bits per heavy atom. The van der Waals surface area contributed by atoms with Gasteiger partial charge in [0.25, 0.3) is 0 Å². The first-order valence-corrected chi connectivity index (χ1v) is 9.49. The quantitative estimate of drug-likeness (QED) is 0.422. The zero-order valence-electron chi connectivity index (χ0n) is 16.0. The maximum absolute atomic E-state index is 6.10. The fraction of sp³-hybridized carbons (Fsp3) is 0.0833. The smallest absolute Gasteiger partial charge is 0.150 e. The van der Waals surface area contributed by atoms with E-state index >= 15 is 0 Å². The molecule has 0 radical (unpaired) electrons. The minimum atomic E-state index is 0.709. The molecule has 0 saturated carbocycles. The Morgan fingerprint density at radius 1 is 0.621 bits per heavy atom. The molecule has 0 aliphatic carbocycles. The predicted molar refractivity (Wildman–Crippen MR) is 116 cm³/mol. The molecule has 0 atom stereocenters. The van der Waals surface area contributed by atoms with E-state index < -0.39 is 0 Å². The molecule has 0 spiro atoms. The molecule has 29 heavy (non-hydrogen) atoms. The van der Waals surface area contributed by atoms with Gasteiger partial charge in [-0.3, -0.25) is 9.97 Å². The summed E-state index contributed by atoms with van der Waals surface area (Å²) in [5.41, 5.74) is 4.34. The van der Waals surface area contributed by atoms with Gasteiger partial charge in [-0.25, -0.2) is 0 Å². The average Bonchev–Trinajstić information content (AvgIpc) is 2.79. The van der Waals surface area contributed by atoms with Gasteiger partial charge in [-0.05, 0) is 71.8 Å². The highest BCUT2D eigenvalue weighted by atomic mass is 16.5. The molecule has 2 aromatic carbocycles. The lowest BCUT2D eigenvalue weighted by molar-refractivity contribution is 0.484. The molecule has 0 aliphatic heterocycles. The summed E-state index contributed by atoms with van der Waals surface area (Å²) in [7, 11) is 0. The molecule has 5 heteroatoms. The number of nitrogens with zero attached hydrogens (tertiary/aromatic N) is 2. The highest BCUT2D eigenvalue weighted by Crippen LogP contribution is 2.30. The van der Waals surface area contributed by atoms with Crippen molar-refractivity contribution in [3.05, 3.63) is 109 Å². The van der Waals surface area contributed by atoms with Crippen molar-refractivity contribution in [2.45, 2.75) is 13.1 Å². The average molecular weight is 382 g/mol. The molecule has 2 N–H and O–H groups in total. The van der Waals surface area contributed by atoms with Crippen LogP contribution in [-0.4, -0.2) is 9.97 Å². The fourth-order valence-electron chi connectivity index (χ4n) is 2.87. The molecule has 5 nitrogen and oxygen atoms in total. The lowest BCUT2D eigenvalue weighted by Gasteiger charge is -2.13. The van der Waals surface area contributed by atoms with E-state index in [4.69, 9.17) is 4.74 Å². The van der Waals surface area contributed by atoms with Crippen LogP contribution in [0.5, 0.6) is 11.5 Å². The predicted octanol–water partition coefficient (Wildman–Crippen LogP) is 5.49. The van der Waals surface area contributed by atoms with Crippen LogP contribution in [0.1, 0.15) is 11.1 Å². The number of para-hydroxylation sites is 2. The van der Waals surface area contributed by atoms with Gasteiger partial charge in [0.2, 0.25) is 0 Å². The van der Waals surface area contributed by atoms with E-state index in [1.165, 1.54) is 11.1 Å². The first-order valence-electron chi connectivity index (χ1n) is 9.49. The first kappa shape index (κ1) is 18.5. The number of ether oxygens (including phenoxy) is 1. The Labute approximate surface area is 170 Å². The molecule has 0 unspecified atom stereocenters. The summed E-state index contributed by atoms with van der Waals surface area (Å²) in [6, 6.07) is 23.9. The maximum atomic E-state index is 6.10. The lowest BCUT2D eigenvalue weighted by Crippen LogP contribution is -2.01. The van der Waals surface area contributed by atoms with Gasteiger partial charge in [-0.1, -0.05) is 12.1 Å². The van der Waals surface area contributed by atoms with E-state index in [1.807, 2.05) is 72.8 Å². The van der Waals surface area contributed by atoms with Crippen molar-refractivity contribution in [2.75, 3.05) is 10.6 Å². The van der Waals surface area contributed by atoms with Crippen LogP contribution in [0.4, 0.5) is 11.4 Å². The maximum Gasteiger partial charge on any atom is 0.150 e.